The molecule has 4 rings (SSSR count). The third-order valence-corrected chi connectivity index (χ3v) is 7.35. The van der Waals surface area contributed by atoms with Crippen LogP contribution in [0.3, 0.4) is 0 Å². The van der Waals surface area contributed by atoms with E-state index in [2.05, 4.69) is 10.2 Å². The second-order valence-electron chi connectivity index (χ2n) is 7.05. The Morgan fingerprint density at radius 2 is 1.71 bits per heavy atom. The zero-order chi connectivity index (χ0) is 19.9. The Morgan fingerprint density at radius 3 is 2.36 bits per heavy atom. The van der Waals surface area contributed by atoms with Gasteiger partial charge < -0.3 is 15.0 Å². The first-order valence-corrected chi connectivity index (χ1v) is 10.7. The van der Waals surface area contributed by atoms with Gasteiger partial charge >= 0.3 is 0 Å². The lowest BCUT2D eigenvalue weighted by Crippen LogP contribution is -2.48. The summed E-state index contributed by atoms with van der Waals surface area (Å²) < 4.78 is 32.9. The van der Waals surface area contributed by atoms with Crippen LogP contribution in [-0.2, 0) is 14.8 Å². The summed E-state index contributed by atoms with van der Waals surface area (Å²) in [5, 5.41) is 2.77. The highest BCUT2D eigenvalue weighted by atomic mass is 32.2. The molecule has 2 heterocycles. The first-order chi connectivity index (χ1) is 13.4. The summed E-state index contributed by atoms with van der Waals surface area (Å²) in [6.45, 7) is 3.85. The molecule has 7 nitrogen and oxygen atoms in total. The average molecular weight is 401 g/mol. The lowest BCUT2D eigenvalue weighted by atomic mass is 10.0. The van der Waals surface area contributed by atoms with Crippen LogP contribution in [0.4, 0.5) is 11.4 Å². The van der Waals surface area contributed by atoms with Gasteiger partial charge in [-0.3, -0.25) is 4.79 Å². The van der Waals surface area contributed by atoms with Crippen LogP contribution in [0.1, 0.15) is 18.4 Å². The number of hydrogen-bond acceptors (Lipinski definition) is 5. The van der Waals surface area contributed by atoms with E-state index in [9.17, 15) is 13.2 Å². The summed E-state index contributed by atoms with van der Waals surface area (Å²) in [4.78, 5) is 14.2. The van der Waals surface area contributed by atoms with Crippen LogP contribution < -0.4 is 15.0 Å². The number of fused-ring (bicyclic) bond motifs is 1. The maximum atomic E-state index is 13.1. The van der Waals surface area contributed by atoms with Gasteiger partial charge in [0, 0.05) is 37.6 Å². The quantitative estimate of drug-likeness (QED) is 0.850. The molecule has 0 aromatic heterocycles. The van der Waals surface area contributed by atoms with Crippen LogP contribution in [-0.4, -0.2) is 51.9 Å². The smallest absolute Gasteiger partial charge is 0.243 e. The monoisotopic (exact) mass is 401 g/mol. The van der Waals surface area contributed by atoms with Crippen molar-refractivity contribution in [3.8, 4) is 5.75 Å². The van der Waals surface area contributed by atoms with E-state index < -0.39 is 10.0 Å². The van der Waals surface area contributed by atoms with Gasteiger partial charge in [-0.15, -0.1) is 0 Å². The summed E-state index contributed by atoms with van der Waals surface area (Å²) in [6.07, 6.45) is 0. The number of ether oxygens (including phenoxy) is 1. The van der Waals surface area contributed by atoms with E-state index in [0.29, 0.717) is 31.9 Å². The van der Waals surface area contributed by atoms with E-state index in [1.165, 1.54) is 4.31 Å². The molecule has 8 heteroatoms. The number of benzene rings is 2. The highest BCUT2D eigenvalue weighted by molar-refractivity contribution is 7.89. The van der Waals surface area contributed by atoms with Crippen LogP contribution in [0.25, 0.3) is 0 Å². The molecule has 2 aromatic rings. The van der Waals surface area contributed by atoms with Gasteiger partial charge in [0.15, 0.2) is 0 Å². The standard InChI is InChI=1S/C20H23N3O4S/c1-14-18-13-17(7-8-19(18)21-20(14)24)28(25,26)23-11-9-22(10-12-23)15-3-5-16(27-2)6-4-15/h3-8,13-14H,9-12H2,1-2H3,(H,21,24)/t14-/m1/s1. The second-order valence-corrected chi connectivity index (χ2v) is 8.99. The fourth-order valence-corrected chi connectivity index (χ4v) is 5.14. The summed E-state index contributed by atoms with van der Waals surface area (Å²) in [6, 6.07) is 12.6. The van der Waals surface area contributed by atoms with E-state index in [1.54, 1.807) is 32.2 Å². The fourth-order valence-electron chi connectivity index (χ4n) is 3.68. The van der Waals surface area contributed by atoms with E-state index in [0.717, 1.165) is 17.0 Å². The zero-order valence-electron chi connectivity index (χ0n) is 15.9. The normalized spacial score (nSPS) is 20.0. The number of sulfonamides is 1. The largest absolute Gasteiger partial charge is 0.497 e. The Morgan fingerprint density at radius 1 is 1.04 bits per heavy atom. The lowest BCUT2D eigenvalue weighted by molar-refractivity contribution is -0.116. The predicted molar refractivity (Wildman–Crippen MR) is 107 cm³/mol. The molecule has 2 aliphatic heterocycles. The van der Waals surface area contributed by atoms with Crippen molar-refractivity contribution < 1.29 is 17.9 Å². The van der Waals surface area contributed by atoms with Crippen LogP contribution in [0.15, 0.2) is 47.4 Å². The van der Waals surface area contributed by atoms with Gasteiger partial charge in [-0.2, -0.15) is 4.31 Å². The molecular formula is C20H23N3O4S. The van der Waals surface area contributed by atoms with Crippen molar-refractivity contribution in [1.82, 2.24) is 4.31 Å². The van der Waals surface area contributed by atoms with Crippen molar-refractivity contribution in [1.29, 1.82) is 0 Å². The third-order valence-electron chi connectivity index (χ3n) is 5.45. The van der Waals surface area contributed by atoms with Crippen molar-refractivity contribution >= 4 is 27.3 Å². The van der Waals surface area contributed by atoms with Crippen LogP contribution >= 0.6 is 0 Å². The molecule has 28 heavy (non-hydrogen) atoms. The highest BCUT2D eigenvalue weighted by Crippen LogP contribution is 2.34. The Balaban J connectivity index is 1.49. The number of amides is 1. The molecule has 2 aromatic carbocycles. The van der Waals surface area contributed by atoms with Gasteiger partial charge in [0.25, 0.3) is 0 Å². The topological polar surface area (TPSA) is 79.0 Å². The molecule has 1 atom stereocenters. The first-order valence-electron chi connectivity index (χ1n) is 9.24. The van der Waals surface area contributed by atoms with Crippen LogP contribution in [0, 0.1) is 0 Å². The molecule has 148 valence electrons. The van der Waals surface area contributed by atoms with Gasteiger partial charge in [0.2, 0.25) is 15.9 Å². The maximum absolute atomic E-state index is 13.1. The third kappa shape index (κ3) is 3.22. The Bertz CT molecular complexity index is 997. The zero-order valence-corrected chi connectivity index (χ0v) is 16.7. The summed E-state index contributed by atoms with van der Waals surface area (Å²) in [5.41, 5.74) is 2.48. The number of piperazine rings is 1. The van der Waals surface area contributed by atoms with E-state index in [4.69, 9.17) is 4.74 Å². The number of anilines is 2. The second kappa shape index (κ2) is 7.10. The van der Waals surface area contributed by atoms with Gasteiger partial charge in [-0.1, -0.05) is 0 Å². The number of carbonyl (C=O) groups is 1. The summed E-state index contributed by atoms with van der Waals surface area (Å²) in [5.74, 6) is 0.360. The lowest BCUT2D eigenvalue weighted by Gasteiger charge is -2.35. The molecule has 1 N–H and O–H groups in total. The predicted octanol–water partition coefficient (Wildman–Crippen LogP) is 2.26. The van der Waals surface area contributed by atoms with Crippen molar-refractivity contribution in [2.75, 3.05) is 43.5 Å². The number of nitrogens with one attached hydrogen (secondary N) is 1. The molecule has 1 saturated heterocycles. The molecule has 0 aliphatic carbocycles. The summed E-state index contributed by atoms with van der Waals surface area (Å²) >= 11 is 0. The number of hydrogen-bond donors (Lipinski definition) is 1. The van der Waals surface area contributed by atoms with Gasteiger partial charge in [-0.05, 0) is 55.0 Å². The number of methoxy groups -OCH3 is 1. The van der Waals surface area contributed by atoms with Gasteiger partial charge in [0.05, 0.1) is 17.9 Å². The van der Waals surface area contributed by atoms with E-state index in [1.807, 2.05) is 24.3 Å². The molecule has 1 fully saturated rings. The number of rotatable bonds is 4. The highest BCUT2D eigenvalue weighted by Gasteiger charge is 2.32. The van der Waals surface area contributed by atoms with E-state index >= 15 is 0 Å². The van der Waals surface area contributed by atoms with Crippen LogP contribution in [0.5, 0.6) is 5.75 Å². The van der Waals surface area contributed by atoms with Crippen molar-refractivity contribution in [3.63, 3.8) is 0 Å². The Hall–Kier alpha value is -2.58. The maximum Gasteiger partial charge on any atom is 0.243 e. The van der Waals surface area contributed by atoms with E-state index in [-0.39, 0.29) is 16.7 Å². The number of nitrogens with zero attached hydrogens (tertiary/aromatic N) is 2. The minimum atomic E-state index is -3.59. The van der Waals surface area contributed by atoms with Crippen LogP contribution in [0.2, 0.25) is 0 Å². The number of carbonyl (C=O) groups excluding carboxylic acids is 1. The minimum Gasteiger partial charge on any atom is -0.497 e. The molecule has 0 bridgehead atoms. The molecule has 0 saturated carbocycles. The molecule has 2 aliphatic rings. The molecule has 0 unspecified atom stereocenters. The van der Waals surface area contributed by atoms with Gasteiger partial charge in [-0.25, -0.2) is 8.42 Å². The summed E-state index contributed by atoms with van der Waals surface area (Å²) in [7, 11) is -1.96. The van der Waals surface area contributed by atoms with Gasteiger partial charge in [0.1, 0.15) is 5.75 Å². The SMILES string of the molecule is COc1ccc(N2CCN(S(=O)(=O)c3ccc4c(c3)[C@@H](C)C(=O)N4)CC2)cc1. The Kier molecular flexibility index (Phi) is 4.76. The van der Waals surface area contributed by atoms with Crippen molar-refractivity contribution in [2.45, 2.75) is 17.7 Å². The molecule has 1 amide bonds. The van der Waals surface area contributed by atoms with Crippen molar-refractivity contribution in [2.24, 2.45) is 0 Å². The molecule has 0 spiro atoms. The molecule has 0 radical (unpaired) electrons. The molecular weight excluding hydrogens is 378 g/mol. The first kappa shape index (κ1) is 18.8. The Labute approximate surface area is 165 Å². The fraction of sp³-hybridized carbons (Fsp3) is 0.350. The average Bonchev–Trinajstić information content (AvgIpc) is 3.01. The van der Waals surface area contributed by atoms with Crippen molar-refractivity contribution in [3.05, 3.63) is 48.0 Å². The minimum absolute atomic E-state index is 0.0994.